The smallest absolute Gasteiger partial charge is 0.375 e. The third-order valence-corrected chi connectivity index (χ3v) is 4.12. The fourth-order valence-electron chi connectivity index (χ4n) is 2.39. The molecule has 1 amide bonds. The molecule has 0 saturated heterocycles. The van der Waals surface area contributed by atoms with Gasteiger partial charge in [0.2, 0.25) is 5.76 Å². The largest absolute Gasteiger partial charge is 0.447 e. The number of nitrogens with one attached hydrogen (secondary N) is 1. The Morgan fingerprint density at radius 3 is 2.38 bits per heavy atom. The van der Waals surface area contributed by atoms with Crippen molar-refractivity contribution in [2.24, 2.45) is 0 Å². The van der Waals surface area contributed by atoms with Crippen LogP contribution in [0.25, 0.3) is 11.1 Å². The number of halogens is 1. The van der Waals surface area contributed by atoms with Crippen LogP contribution in [0.2, 0.25) is 0 Å². The number of para-hydroxylation sites is 1. The SMILES string of the molecule is C[C@@H](OC(=O)c1ccc(Br)o1)C(=O)Nc1ccccc1-c1ccccc1. The van der Waals surface area contributed by atoms with Gasteiger partial charge in [0.25, 0.3) is 5.91 Å². The van der Waals surface area contributed by atoms with Crippen molar-refractivity contribution in [1.29, 1.82) is 0 Å². The molecule has 6 heteroatoms. The molecule has 0 aliphatic carbocycles. The van der Waals surface area contributed by atoms with E-state index in [4.69, 9.17) is 9.15 Å². The summed E-state index contributed by atoms with van der Waals surface area (Å²) in [6, 6.07) is 20.2. The molecule has 1 N–H and O–H groups in total. The van der Waals surface area contributed by atoms with Crippen LogP contribution in [0.4, 0.5) is 5.69 Å². The van der Waals surface area contributed by atoms with Gasteiger partial charge in [-0.25, -0.2) is 4.79 Å². The number of esters is 1. The van der Waals surface area contributed by atoms with E-state index < -0.39 is 18.0 Å². The van der Waals surface area contributed by atoms with Crippen LogP contribution in [-0.4, -0.2) is 18.0 Å². The van der Waals surface area contributed by atoms with Crippen LogP contribution in [0.1, 0.15) is 17.5 Å². The molecule has 1 atom stereocenters. The number of benzene rings is 2. The van der Waals surface area contributed by atoms with E-state index in [1.54, 1.807) is 12.1 Å². The number of rotatable bonds is 5. The second-order valence-corrected chi connectivity index (χ2v) is 6.33. The van der Waals surface area contributed by atoms with E-state index in [1.165, 1.54) is 13.0 Å². The minimum atomic E-state index is -0.977. The summed E-state index contributed by atoms with van der Waals surface area (Å²) in [6.07, 6.45) is -0.977. The van der Waals surface area contributed by atoms with Crippen molar-refractivity contribution in [2.75, 3.05) is 5.32 Å². The van der Waals surface area contributed by atoms with E-state index in [1.807, 2.05) is 48.5 Å². The van der Waals surface area contributed by atoms with Crippen molar-refractivity contribution < 1.29 is 18.7 Å². The molecule has 0 aliphatic rings. The first-order chi connectivity index (χ1) is 12.5. The molecule has 3 aromatic rings. The van der Waals surface area contributed by atoms with Gasteiger partial charge in [0, 0.05) is 11.3 Å². The van der Waals surface area contributed by atoms with Gasteiger partial charge < -0.3 is 14.5 Å². The number of ether oxygens (including phenoxy) is 1. The summed E-state index contributed by atoms with van der Waals surface area (Å²) in [6.45, 7) is 1.51. The zero-order valence-corrected chi connectivity index (χ0v) is 15.5. The first-order valence-electron chi connectivity index (χ1n) is 7.96. The number of carbonyl (C=O) groups is 2. The molecule has 0 bridgehead atoms. The molecule has 3 rings (SSSR count). The molecule has 132 valence electrons. The molecule has 0 spiro atoms. The predicted molar refractivity (Wildman–Crippen MR) is 102 cm³/mol. The number of amides is 1. The molecule has 1 aromatic heterocycles. The summed E-state index contributed by atoms with van der Waals surface area (Å²) in [4.78, 5) is 24.4. The van der Waals surface area contributed by atoms with Gasteiger partial charge in [-0.2, -0.15) is 0 Å². The maximum atomic E-state index is 12.4. The number of hydrogen-bond donors (Lipinski definition) is 1. The third-order valence-electron chi connectivity index (χ3n) is 3.70. The fourth-order valence-corrected chi connectivity index (χ4v) is 2.70. The van der Waals surface area contributed by atoms with Crippen LogP contribution in [0.15, 0.2) is 75.8 Å². The highest BCUT2D eigenvalue weighted by Crippen LogP contribution is 2.27. The van der Waals surface area contributed by atoms with Crippen LogP contribution in [0.5, 0.6) is 0 Å². The zero-order valence-electron chi connectivity index (χ0n) is 13.9. The summed E-state index contributed by atoms with van der Waals surface area (Å²) < 4.78 is 10.7. The van der Waals surface area contributed by atoms with Crippen molar-refractivity contribution in [3.63, 3.8) is 0 Å². The number of hydrogen-bond acceptors (Lipinski definition) is 4. The summed E-state index contributed by atoms with van der Waals surface area (Å²) in [7, 11) is 0. The normalized spacial score (nSPS) is 11.6. The fraction of sp³-hybridized carbons (Fsp3) is 0.100. The highest BCUT2D eigenvalue weighted by Gasteiger charge is 2.21. The van der Waals surface area contributed by atoms with Crippen LogP contribution in [0, 0.1) is 0 Å². The average Bonchev–Trinajstić information content (AvgIpc) is 3.09. The van der Waals surface area contributed by atoms with Crippen LogP contribution >= 0.6 is 15.9 Å². The average molecular weight is 414 g/mol. The van der Waals surface area contributed by atoms with Gasteiger partial charge in [-0.05, 0) is 46.6 Å². The van der Waals surface area contributed by atoms with Gasteiger partial charge in [-0.15, -0.1) is 0 Å². The van der Waals surface area contributed by atoms with E-state index in [9.17, 15) is 9.59 Å². The van der Waals surface area contributed by atoms with Gasteiger partial charge in [-0.1, -0.05) is 48.5 Å². The standard InChI is InChI=1S/C20H16BrNO4/c1-13(25-20(24)17-11-12-18(21)26-17)19(23)22-16-10-6-5-9-15(16)14-7-3-2-4-8-14/h2-13H,1H3,(H,22,23)/t13-/m1/s1. The molecule has 26 heavy (non-hydrogen) atoms. The Balaban J connectivity index is 1.71. The van der Waals surface area contributed by atoms with E-state index in [-0.39, 0.29) is 5.76 Å². The Morgan fingerprint density at radius 2 is 1.69 bits per heavy atom. The highest BCUT2D eigenvalue weighted by molar-refractivity contribution is 9.10. The van der Waals surface area contributed by atoms with Gasteiger partial charge in [0.15, 0.2) is 10.8 Å². The van der Waals surface area contributed by atoms with Crippen LogP contribution < -0.4 is 5.32 Å². The Kier molecular flexibility index (Phi) is 5.53. The second kappa shape index (κ2) is 8.01. The lowest BCUT2D eigenvalue weighted by Gasteiger charge is -2.15. The molecule has 0 unspecified atom stereocenters. The van der Waals surface area contributed by atoms with Gasteiger partial charge in [0.1, 0.15) is 0 Å². The Bertz CT molecular complexity index is 920. The monoisotopic (exact) mass is 413 g/mol. The highest BCUT2D eigenvalue weighted by atomic mass is 79.9. The van der Waals surface area contributed by atoms with Gasteiger partial charge in [0.05, 0.1) is 0 Å². The number of carbonyl (C=O) groups excluding carboxylic acids is 2. The molecule has 0 fully saturated rings. The Hall–Kier alpha value is -2.86. The Morgan fingerprint density at radius 1 is 1.00 bits per heavy atom. The lowest BCUT2D eigenvalue weighted by Crippen LogP contribution is -2.30. The van der Waals surface area contributed by atoms with Crippen LogP contribution in [0.3, 0.4) is 0 Å². The molecule has 5 nitrogen and oxygen atoms in total. The van der Waals surface area contributed by atoms with Crippen LogP contribution in [-0.2, 0) is 9.53 Å². The molecular weight excluding hydrogens is 398 g/mol. The molecule has 2 aromatic carbocycles. The predicted octanol–water partition coefficient (Wildman–Crippen LogP) is 4.89. The zero-order chi connectivity index (χ0) is 18.5. The number of furan rings is 1. The number of anilines is 1. The van der Waals surface area contributed by atoms with E-state index >= 15 is 0 Å². The molecule has 0 saturated carbocycles. The summed E-state index contributed by atoms with van der Waals surface area (Å²) >= 11 is 3.12. The van der Waals surface area contributed by atoms with Crippen molar-refractivity contribution in [2.45, 2.75) is 13.0 Å². The maximum absolute atomic E-state index is 12.4. The third kappa shape index (κ3) is 4.21. The topological polar surface area (TPSA) is 68.5 Å². The van der Waals surface area contributed by atoms with Gasteiger partial charge in [-0.3, -0.25) is 4.79 Å². The lowest BCUT2D eigenvalue weighted by atomic mass is 10.0. The maximum Gasteiger partial charge on any atom is 0.375 e. The lowest BCUT2D eigenvalue weighted by molar-refractivity contribution is -0.123. The van der Waals surface area contributed by atoms with Gasteiger partial charge >= 0.3 is 5.97 Å². The minimum Gasteiger partial charge on any atom is -0.447 e. The minimum absolute atomic E-state index is 0.0289. The first kappa shape index (κ1) is 17.9. The van der Waals surface area contributed by atoms with Crippen molar-refractivity contribution in [3.8, 4) is 11.1 Å². The first-order valence-corrected chi connectivity index (χ1v) is 8.75. The van der Waals surface area contributed by atoms with Crippen molar-refractivity contribution >= 4 is 33.5 Å². The van der Waals surface area contributed by atoms with Crippen molar-refractivity contribution in [1.82, 2.24) is 0 Å². The molecular formula is C20H16BrNO4. The summed E-state index contributed by atoms with van der Waals surface area (Å²) in [5.41, 5.74) is 2.51. The van der Waals surface area contributed by atoms with E-state index in [2.05, 4.69) is 21.2 Å². The molecule has 0 aliphatic heterocycles. The Labute approximate surface area is 159 Å². The van der Waals surface area contributed by atoms with E-state index in [0.717, 1.165) is 11.1 Å². The quantitative estimate of drug-likeness (QED) is 0.604. The summed E-state index contributed by atoms with van der Waals surface area (Å²) in [5, 5.41) is 2.81. The molecule has 0 radical (unpaired) electrons. The second-order valence-electron chi connectivity index (χ2n) is 5.55. The molecule has 1 heterocycles. The van der Waals surface area contributed by atoms with Crippen molar-refractivity contribution in [3.05, 3.63) is 77.2 Å². The summed E-state index contributed by atoms with van der Waals surface area (Å²) in [5.74, 6) is -1.09. The van der Waals surface area contributed by atoms with E-state index in [0.29, 0.717) is 10.4 Å².